The third kappa shape index (κ3) is 7.72. The fourth-order valence-corrected chi connectivity index (χ4v) is 5.14. The predicted molar refractivity (Wildman–Crippen MR) is 160 cm³/mol. The number of amides is 3. The predicted octanol–water partition coefficient (Wildman–Crippen LogP) is 5.25. The zero-order valence-electron chi connectivity index (χ0n) is 23.0. The Kier molecular flexibility index (Phi) is 9.26. The molecule has 4 aromatic rings. The molecule has 0 spiro atoms. The molecule has 1 fully saturated rings. The highest BCUT2D eigenvalue weighted by Crippen LogP contribution is 2.28. The van der Waals surface area contributed by atoms with Crippen molar-refractivity contribution >= 4 is 28.5 Å². The largest absolute Gasteiger partial charge is 0.490 e. The monoisotopic (exact) mass is 549 g/mol. The van der Waals surface area contributed by atoms with Crippen LogP contribution in [0.4, 0.5) is 0 Å². The van der Waals surface area contributed by atoms with Crippen LogP contribution in [0.15, 0.2) is 97.1 Å². The van der Waals surface area contributed by atoms with E-state index in [-0.39, 0.29) is 29.7 Å². The van der Waals surface area contributed by atoms with Gasteiger partial charge in [-0.25, -0.2) is 0 Å². The van der Waals surface area contributed by atoms with Crippen molar-refractivity contribution in [2.75, 3.05) is 13.1 Å². The number of carbonyl (C=O) groups excluding carboxylic acids is 3. The Morgan fingerprint density at radius 3 is 1.95 bits per heavy atom. The summed E-state index contributed by atoms with van der Waals surface area (Å²) < 4.78 is 6.13. The number of hydrogen-bond donors (Lipinski definition) is 3. The number of rotatable bonds is 10. The Morgan fingerprint density at radius 1 is 0.634 bits per heavy atom. The van der Waals surface area contributed by atoms with E-state index in [1.54, 1.807) is 30.3 Å². The van der Waals surface area contributed by atoms with Crippen LogP contribution in [0.5, 0.6) is 5.75 Å². The van der Waals surface area contributed by atoms with E-state index in [1.807, 2.05) is 66.7 Å². The lowest BCUT2D eigenvalue weighted by molar-refractivity contribution is -0.126. The Balaban J connectivity index is 0.998. The lowest BCUT2D eigenvalue weighted by Gasteiger charge is -2.28. The quantitative estimate of drug-likeness (QED) is 0.235. The molecule has 5 rings (SSSR count). The molecule has 0 atom stereocenters. The standard InChI is InChI=1S/C34H35N3O4/c38-32(35-20-21-36-34(40)29-11-10-25-8-4-5-9-28(25)22-29)26-12-16-30(17-13-26)41-31-18-14-27(15-19-31)33(39)37-23-24-6-2-1-3-7-24/h1-13,16-17,22,27,31H,14-15,18-21,23H2,(H,35,38)(H,36,40)(H,37,39)/t27-,31+. The van der Waals surface area contributed by atoms with Crippen molar-refractivity contribution in [1.82, 2.24) is 16.0 Å². The van der Waals surface area contributed by atoms with Crippen molar-refractivity contribution in [2.45, 2.75) is 38.3 Å². The molecule has 3 N–H and O–H groups in total. The second-order valence-corrected chi connectivity index (χ2v) is 10.4. The van der Waals surface area contributed by atoms with Gasteiger partial charge in [-0.3, -0.25) is 14.4 Å². The second kappa shape index (κ2) is 13.6. The zero-order chi connectivity index (χ0) is 28.4. The minimum atomic E-state index is -0.210. The highest BCUT2D eigenvalue weighted by molar-refractivity contribution is 5.98. The van der Waals surface area contributed by atoms with E-state index in [0.717, 1.165) is 42.0 Å². The summed E-state index contributed by atoms with van der Waals surface area (Å²) in [5.74, 6) is 0.450. The summed E-state index contributed by atoms with van der Waals surface area (Å²) in [6.07, 6.45) is 3.28. The van der Waals surface area contributed by atoms with Gasteiger partial charge in [0, 0.05) is 36.7 Å². The Labute approximate surface area is 240 Å². The first-order valence-corrected chi connectivity index (χ1v) is 14.2. The van der Waals surface area contributed by atoms with Gasteiger partial charge in [-0.2, -0.15) is 0 Å². The van der Waals surface area contributed by atoms with Gasteiger partial charge in [0.15, 0.2) is 0 Å². The number of ether oxygens (including phenoxy) is 1. The first-order valence-electron chi connectivity index (χ1n) is 14.2. The second-order valence-electron chi connectivity index (χ2n) is 10.4. The van der Waals surface area contributed by atoms with Crippen LogP contribution in [0.2, 0.25) is 0 Å². The molecule has 41 heavy (non-hydrogen) atoms. The van der Waals surface area contributed by atoms with Crippen LogP contribution in [0.25, 0.3) is 10.8 Å². The van der Waals surface area contributed by atoms with Gasteiger partial charge in [-0.05, 0) is 78.4 Å². The number of benzene rings is 4. The van der Waals surface area contributed by atoms with E-state index in [1.165, 1.54) is 0 Å². The first kappa shape index (κ1) is 27.9. The van der Waals surface area contributed by atoms with Crippen LogP contribution in [-0.2, 0) is 11.3 Å². The van der Waals surface area contributed by atoms with Crippen molar-refractivity contribution in [3.63, 3.8) is 0 Å². The van der Waals surface area contributed by atoms with Crippen LogP contribution in [0.3, 0.4) is 0 Å². The normalized spacial score (nSPS) is 16.5. The molecular weight excluding hydrogens is 514 g/mol. The van der Waals surface area contributed by atoms with Gasteiger partial charge >= 0.3 is 0 Å². The summed E-state index contributed by atoms with van der Waals surface area (Å²) in [4.78, 5) is 37.6. The van der Waals surface area contributed by atoms with Gasteiger partial charge in [-0.1, -0.05) is 60.7 Å². The van der Waals surface area contributed by atoms with E-state index >= 15 is 0 Å². The number of hydrogen-bond acceptors (Lipinski definition) is 4. The summed E-state index contributed by atoms with van der Waals surface area (Å²) in [6.45, 7) is 1.19. The molecule has 7 heteroatoms. The van der Waals surface area contributed by atoms with E-state index in [9.17, 15) is 14.4 Å². The van der Waals surface area contributed by atoms with Gasteiger partial charge in [0.2, 0.25) is 5.91 Å². The molecule has 4 aromatic carbocycles. The topological polar surface area (TPSA) is 96.5 Å². The van der Waals surface area contributed by atoms with Gasteiger partial charge in [0.05, 0.1) is 6.10 Å². The number of fused-ring (bicyclic) bond motifs is 1. The van der Waals surface area contributed by atoms with Crippen molar-refractivity contribution in [3.8, 4) is 5.75 Å². The molecule has 1 aliphatic rings. The van der Waals surface area contributed by atoms with E-state index < -0.39 is 0 Å². The molecule has 0 saturated heterocycles. The number of carbonyl (C=O) groups is 3. The molecule has 7 nitrogen and oxygen atoms in total. The average molecular weight is 550 g/mol. The van der Waals surface area contributed by atoms with Crippen LogP contribution in [0, 0.1) is 5.92 Å². The maximum Gasteiger partial charge on any atom is 0.251 e. The van der Waals surface area contributed by atoms with E-state index in [2.05, 4.69) is 16.0 Å². The molecule has 0 heterocycles. The van der Waals surface area contributed by atoms with Crippen molar-refractivity contribution < 1.29 is 19.1 Å². The SMILES string of the molecule is O=C(NCCNC(=O)c1ccc2ccccc2c1)c1ccc(O[C@H]2CC[C@@H](C(=O)NCc3ccccc3)CC2)cc1. The van der Waals surface area contributed by atoms with Gasteiger partial charge in [0.1, 0.15) is 5.75 Å². The molecule has 0 bridgehead atoms. The highest BCUT2D eigenvalue weighted by atomic mass is 16.5. The van der Waals surface area contributed by atoms with Crippen LogP contribution in [-0.4, -0.2) is 36.9 Å². The molecule has 1 saturated carbocycles. The molecule has 0 unspecified atom stereocenters. The van der Waals surface area contributed by atoms with Crippen molar-refractivity contribution in [1.29, 1.82) is 0 Å². The molecule has 0 aliphatic heterocycles. The van der Waals surface area contributed by atoms with Crippen LogP contribution >= 0.6 is 0 Å². The van der Waals surface area contributed by atoms with Crippen LogP contribution in [0.1, 0.15) is 52.0 Å². The van der Waals surface area contributed by atoms with Gasteiger partial charge in [-0.15, -0.1) is 0 Å². The number of nitrogens with one attached hydrogen (secondary N) is 3. The van der Waals surface area contributed by atoms with Crippen LogP contribution < -0.4 is 20.7 Å². The average Bonchev–Trinajstić information content (AvgIpc) is 3.02. The maximum absolute atomic E-state index is 12.6. The Hall–Kier alpha value is -4.65. The summed E-state index contributed by atoms with van der Waals surface area (Å²) in [6, 6.07) is 30.5. The van der Waals surface area contributed by atoms with E-state index in [0.29, 0.717) is 36.5 Å². The molecule has 0 radical (unpaired) electrons. The highest BCUT2D eigenvalue weighted by Gasteiger charge is 2.27. The minimum absolute atomic E-state index is 0.0157. The van der Waals surface area contributed by atoms with Gasteiger partial charge < -0.3 is 20.7 Å². The zero-order valence-corrected chi connectivity index (χ0v) is 23.0. The minimum Gasteiger partial charge on any atom is -0.490 e. The summed E-state index contributed by atoms with van der Waals surface area (Å²) >= 11 is 0. The summed E-state index contributed by atoms with van der Waals surface area (Å²) in [5, 5.41) is 10.8. The smallest absolute Gasteiger partial charge is 0.251 e. The Morgan fingerprint density at radius 2 is 1.24 bits per heavy atom. The summed E-state index contributed by atoms with van der Waals surface area (Å²) in [5.41, 5.74) is 2.21. The van der Waals surface area contributed by atoms with Crippen molar-refractivity contribution in [2.24, 2.45) is 5.92 Å². The Bertz CT molecular complexity index is 1480. The fraction of sp³-hybridized carbons (Fsp3) is 0.265. The maximum atomic E-state index is 12.6. The lowest BCUT2D eigenvalue weighted by atomic mass is 9.86. The molecule has 1 aliphatic carbocycles. The molecule has 0 aromatic heterocycles. The molecule has 210 valence electrons. The third-order valence-electron chi connectivity index (χ3n) is 7.48. The third-order valence-corrected chi connectivity index (χ3v) is 7.48. The molecular formula is C34H35N3O4. The fourth-order valence-electron chi connectivity index (χ4n) is 5.14. The molecule has 3 amide bonds. The lowest BCUT2D eigenvalue weighted by Crippen LogP contribution is -2.35. The van der Waals surface area contributed by atoms with Crippen molar-refractivity contribution in [3.05, 3.63) is 114 Å². The summed E-state index contributed by atoms with van der Waals surface area (Å²) in [7, 11) is 0. The van der Waals surface area contributed by atoms with Gasteiger partial charge in [0.25, 0.3) is 11.8 Å². The van der Waals surface area contributed by atoms with E-state index in [4.69, 9.17) is 4.74 Å². The first-order chi connectivity index (χ1) is 20.0.